The van der Waals surface area contributed by atoms with E-state index < -0.39 is 6.29 Å². The van der Waals surface area contributed by atoms with E-state index in [0.29, 0.717) is 6.42 Å². The lowest BCUT2D eigenvalue weighted by Crippen LogP contribution is -2.31. The Morgan fingerprint density at radius 2 is 1.46 bits per heavy atom. The number of aliphatic hydroxyl groups is 2. The summed E-state index contributed by atoms with van der Waals surface area (Å²) < 4.78 is 0. The van der Waals surface area contributed by atoms with Gasteiger partial charge in [-0.15, -0.1) is 0 Å². The molecule has 0 saturated heterocycles. The van der Waals surface area contributed by atoms with Crippen LogP contribution in [0.25, 0.3) is 0 Å². The van der Waals surface area contributed by atoms with Gasteiger partial charge in [0.1, 0.15) is 0 Å². The average Bonchev–Trinajstić information content (AvgIpc) is 2.56. The van der Waals surface area contributed by atoms with Crippen LogP contribution in [0.2, 0.25) is 0 Å². The van der Waals surface area contributed by atoms with Gasteiger partial charge in [0.2, 0.25) is 5.91 Å². The summed E-state index contributed by atoms with van der Waals surface area (Å²) in [6.45, 7) is 2.15. The molecule has 4 nitrogen and oxygen atoms in total. The molecule has 0 aromatic rings. The average molecular weight is 340 g/mol. The molecule has 3 N–H and O–H groups in total. The summed E-state index contributed by atoms with van der Waals surface area (Å²) in [7, 11) is 0. The summed E-state index contributed by atoms with van der Waals surface area (Å²) in [6, 6.07) is 0. The van der Waals surface area contributed by atoms with Crippen LogP contribution in [-0.4, -0.2) is 29.0 Å². The number of amides is 1. The molecule has 140 valence electrons. The number of carbonyl (C=O) groups is 1. The number of carbonyl (C=O) groups excluding carboxylic acids is 1. The lowest BCUT2D eigenvalue weighted by Gasteiger charge is -2.06. The summed E-state index contributed by atoms with van der Waals surface area (Å²) in [4.78, 5) is 11.3. The summed E-state index contributed by atoms with van der Waals surface area (Å²) in [5.41, 5.74) is 0. The van der Waals surface area contributed by atoms with Gasteiger partial charge in [-0.2, -0.15) is 0 Å². The minimum Gasteiger partial charge on any atom is -0.367 e. The number of unbranched alkanes of at least 4 members (excludes halogenated alkanes) is 8. The van der Waals surface area contributed by atoms with E-state index in [-0.39, 0.29) is 12.5 Å². The fraction of sp³-hybridized carbons (Fsp3) is 0.750. The van der Waals surface area contributed by atoms with Crippen LogP contribution in [0.15, 0.2) is 24.3 Å². The van der Waals surface area contributed by atoms with Crippen molar-refractivity contribution in [3.63, 3.8) is 0 Å². The maximum Gasteiger partial charge on any atom is 0.220 e. The largest absolute Gasteiger partial charge is 0.367 e. The molecule has 0 aliphatic heterocycles. The number of allylic oxidation sites excluding steroid dienone is 4. The first kappa shape index (κ1) is 22.9. The van der Waals surface area contributed by atoms with E-state index in [0.717, 1.165) is 32.1 Å². The third-order valence-corrected chi connectivity index (χ3v) is 3.84. The van der Waals surface area contributed by atoms with E-state index in [4.69, 9.17) is 10.2 Å². The monoisotopic (exact) mass is 339 g/mol. The summed E-state index contributed by atoms with van der Waals surface area (Å²) in [5.74, 6) is -0.103. The van der Waals surface area contributed by atoms with Crippen LogP contribution in [0.4, 0.5) is 0 Å². The van der Waals surface area contributed by atoms with Gasteiger partial charge in [-0.25, -0.2) is 0 Å². The van der Waals surface area contributed by atoms with E-state index in [2.05, 4.69) is 36.5 Å². The zero-order chi connectivity index (χ0) is 17.9. The Labute approximate surface area is 148 Å². The fourth-order valence-electron chi connectivity index (χ4n) is 2.39. The molecule has 0 aromatic carbocycles. The Hall–Kier alpha value is -1.13. The minimum atomic E-state index is -1.46. The van der Waals surface area contributed by atoms with Crippen LogP contribution in [0.3, 0.4) is 0 Å². The highest BCUT2D eigenvalue weighted by Crippen LogP contribution is 2.08. The van der Waals surface area contributed by atoms with E-state index >= 15 is 0 Å². The van der Waals surface area contributed by atoms with Gasteiger partial charge >= 0.3 is 0 Å². The predicted molar refractivity (Wildman–Crippen MR) is 101 cm³/mol. The van der Waals surface area contributed by atoms with Crippen LogP contribution in [0.5, 0.6) is 0 Å². The molecule has 0 saturated carbocycles. The van der Waals surface area contributed by atoms with Gasteiger partial charge in [-0.1, -0.05) is 63.3 Å². The Balaban J connectivity index is 3.27. The smallest absolute Gasteiger partial charge is 0.220 e. The van der Waals surface area contributed by atoms with Crippen molar-refractivity contribution >= 4 is 5.91 Å². The molecule has 0 unspecified atom stereocenters. The number of rotatable bonds is 16. The van der Waals surface area contributed by atoms with Crippen molar-refractivity contribution in [1.29, 1.82) is 0 Å². The molecule has 0 aliphatic rings. The van der Waals surface area contributed by atoms with Crippen LogP contribution in [0.1, 0.15) is 84.0 Å². The zero-order valence-electron chi connectivity index (χ0n) is 15.4. The molecule has 0 bridgehead atoms. The molecule has 0 atom stereocenters. The van der Waals surface area contributed by atoms with Crippen LogP contribution < -0.4 is 5.32 Å². The topological polar surface area (TPSA) is 69.6 Å². The Morgan fingerprint density at radius 3 is 2.08 bits per heavy atom. The second kappa shape index (κ2) is 18.2. The lowest BCUT2D eigenvalue weighted by atomic mass is 10.1. The number of nitrogens with one attached hydrogen (secondary N) is 1. The van der Waals surface area contributed by atoms with Crippen LogP contribution >= 0.6 is 0 Å². The van der Waals surface area contributed by atoms with Gasteiger partial charge in [0.25, 0.3) is 0 Å². The molecular weight excluding hydrogens is 302 g/mol. The molecular formula is C20H37NO3. The third-order valence-electron chi connectivity index (χ3n) is 3.84. The lowest BCUT2D eigenvalue weighted by molar-refractivity contribution is -0.123. The molecule has 0 rings (SSSR count). The van der Waals surface area contributed by atoms with Gasteiger partial charge in [-0.3, -0.25) is 4.79 Å². The molecule has 0 heterocycles. The molecule has 24 heavy (non-hydrogen) atoms. The molecule has 0 spiro atoms. The maximum atomic E-state index is 11.3. The molecule has 0 aliphatic carbocycles. The Kier molecular flexibility index (Phi) is 17.4. The first-order chi connectivity index (χ1) is 11.7. The van der Waals surface area contributed by atoms with E-state index in [1.54, 1.807) is 0 Å². The van der Waals surface area contributed by atoms with E-state index in [1.807, 2.05) is 0 Å². The summed E-state index contributed by atoms with van der Waals surface area (Å²) in [6.07, 6.45) is 20.9. The normalized spacial score (nSPS) is 11.8. The standard InChI is InChI=1S/C20H37NO3/c1-2-3-4-5-6-7-8-9-10-11-12-13-14-15-16-17-19(22)21-18-20(23)24/h6-7,9-10,20,23-24H,2-5,8,11-18H2,1H3,(H,21,22). The first-order valence-corrected chi connectivity index (χ1v) is 9.59. The Bertz CT molecular complexity index is 338. The van der Waals surface area contributed by atoms with E-state index in [1.165, 1.54) is 38.5 Å². The fourth-order valence-corrected chi connectivity index (χ4v) is 2.39. The van der Waals surface area contributed by atoms with Gasteiger partial charge < -0.3 is 15.5 Å². The maximum absolute atomic E-state index is 11.3. The highest BCUT2D eigenvalue weighted by molar-refractivity contribution is 5.75. The zero-order valence-corrected chi connectivity index (χ0v) is 15.4. The van der Waals surface area contributed by atoms with Gasteiger partial charge in [0.15, 0.2) is 6.29 Å². The predicted octanol–water partition coefficient (Wildman–Crippen LogP) is 4.23. The summed E-state index contributed by atoms with van der Waals surface area (Å²) >= 11 is 0. The van der Waals surface area contributed by atoms with Gasteiger partial charge in [0, 0.05) is 6.42 Å². The van der Waals surface area contributed by atoms with E-state index in [9.17, 15) is 4.79 Å². The quantitative estimate of drug-likeness (QED) is 0.224. The molecule has 0 fully saturated rings. The van der Waals surface area contributed by atoms with Crippen molar-refractivity contribution in [3.05, 3.63) is 24.3 Å². The van der Waals surface area contributed by atoms with Crippen molar-refractivity contribution < 1.29 is 15.0 Å². The van der Waals surface area contributed by atoms with Crippen molar-refractivity contribution in [2.45, 2.75) is 90.3 Å². The molecule has 4 heteroatoms. The number of aliphatic hydroxyl groups excluding tert-OH is 1. The minimum absolute atomic E-state index is 0.0842. The molecule has 1 amide bonds. The van der Waals surface area contributed by atoms with Gasteiger partial charge in [-0.05, 0) is 38.5 Å². The number of hydrogen-bond donors (Lipinski definition) is 3. The van der Waals surface area contributed by atoms with Crippen LogP contribution in [0, 0.1) is 0 Å². The first-order valence-electron chi connectivity index (χ1n) is 9.59. The third kappa shape index (κ3) is 18.9. The van der Waals surface area contributed by atoms with Gasteiger partial charge in [0.05, 0.1) is 6.54 Å². The highest BCUT2D eigenvalue weighted by Gasteiger charge is 2.02. The molecule has 0 aromatic heterocycles. The Morgan fingerprint density at radius 1 is 0.875 bits per heavy atom. The SMILES string of the molecule is CCCCCC=CCC=CCCCCCCCC(=O)NCC(O)O. The van der Waals surface area contributed by atoms with Crippen molar-refractivity contribution in [1.82, 2.24) is 5.32 Å². The molecule has 0 radical (unpaired) electrons. The van der Waals surface area contributed by atoms with Crippen molar-refractivity contribution in [3.8, 4) is 0 Å². The highest BCUT2D eigenvalue weighted by atomic mass is 16.5. The van der Waals surface area contributed by atoms with Crippen molar-refractivity contribution in [2.75, 3.05) is 6.54 Å². The van der Waals surface area contributed by atoms with Crippen molar-refractivity contribution in [2.24, 2.45) is 0 Å². The summed E-state index contributed by atoms with van der Waals surface area (Å²) in [5, 5.41) is 19.8. The van der Waals surface area contributed by atoms with Crippen LogP contribution in [-0.2, 0) is 4.79 Å². The number of hydrogen-bond acceptors (Lipinski definition) is 3. The second-order valence-corrected chi connectivity index (χ2v) is 6.27. The second-order valence-electron chi connectivity index (χ2n) is 6.27.